The number of aryl methyl sites for hydroxylation is 1. The lowest BCUT2D eigenvalue weighted by Crippen LogP contribution is -1.98. The molecule has 0 aliphatic carbocycles. The fourth-order valence-corrected chi connectivity index (χ4v) is 2.76. The second-order valence-corrected chi connectivity index (χ2v) is 6.12. The van der Waals surface area contributed by atoms with Crippen molar-refractivity contribution in [3.63, 3.8) is 0 Å². The standard InChI is InChI=1S/C18H20O2S/c1-14-5-3-6-17(13-14)20-11-4-12-21-18-9-7-16(8-10-18)15(2)19/h3,5-10,13H,4,11-12H2,1-2H3. The Balaban J connectivity index is 1.69. The Bertz CT molecular complexity index is 590. The molecule has 0 fully saturated rings. The Morgan fingerprint density at radius 2 is 1.90 bits per heavy atom. The molecule has 0 aromatic heterocycles. The summed E-state index contributed by atoms with van der Waals surface area (Å²) in [4.78, 5) is 12.4. The molecule has 2 rings (SSSR count). The van der Waals surface area contributed by atoms with Crippen molar-refractivity contribution in [2.24, 2.45) is 0 Å². The van der Waals surface area contributed by atoms with Crippen molar-refractivity contribution < 1.29 is 9.53 Å². The summed E-state index contributed by atoms with van der Waals surface area (Å²) in [7, 11) is 0. The van der Waals surface area contributed by atoms with E-state index in [-0.39, 0.29) is 5.78 Å². The fraction of sp³-hybridized carbons (Fsp3) is 0.278. The molecule has 2 aromatic carbocycles. The number of hydrogen-bond donors (Lipinski definition) is 0. The molecule has 0 saturated carbocycles. The Morgan fingerprint density at radius 1 is 1.14 bits per heavy atom. The van der Waals surface area contributed by atoms with E-state index in [1.165, 1.54) is 10.5 Å². The lowest BCUT2D eigenvalue weighted by molar-refractivity contribution is 0.101. The minimum Gasteiger partial charge on any atom is -0.494 e. The van der Waals surface area contributed by atoms with Crippen molar-refractivity contribution in [1.29, 1.82) is 0 Å². The van der Waals surface area contributed by atoms with Crippen LogP contribution in [0.2, 0.25) is 0 Å². The van der Waals surface area contributed by atoms with Crippen molar-refractivity contribution in [1.82, 2.24) is 0 Å². The van der Waals surface area contributed by atoms with Gasteiger partial charge in [-0.15, -0.1) is 11.8 Å². The highest BCUT2D eigenvalue weighted by Gasteiger charge is 2.00. The summed E-state index contributed by atoms with van der Waals surface area (Å²) >= 11 is 1.79. The van der Waals surface area contributed by atoms with E-state index in [1.54, 1.807) is 18.7 Å². The molecule has 0 aliphatic heterocycles. The normalized spacial score (nSPS) is 10.4. The van der Waals surface area contributed by atoms with Crippen molar-refractivity contribution in [3.05, 3.63) is 59.7 Å². The van der Waals surface area contributed by atoms with Crippen LogP contribution in [0.25, 0.3) is 0 Å². The molecule has 0 atom stereocenters. The molecule has 0 saturated heterocycles. The SMILES string of the molecule is CC(=O)c1ccc(SCCCOc2cccc(C)c2)cc1. The molecule has 0 unspecified atom stereocenters. The van der Waals surface area contributed by atoms with Crippen LogP contribution < -0.4 is 4.74 Å². The zero-order valence-corrected chi connectivity index (χ0v) is 13.3. The molecule has 0 aliphatic rings. The monoisotopic (exact) mass is 300 g/mol. The molecule has 0 heterocycles. The van der Waals surface area contributed by atoms with Gasteiger partial charge in [0, 0.05) is 16.2 Å². The maximum atomic E-state index is 11.2. The van der Waals surface area contributed by atoms with E-state index in [2.05, 4.69) is 13.0 Å². The zero-order chi connectivity index (χ0) is 15.1. The summed E-state index contributed by atoms with van der Waals surface area (Å²) in [6, 6.07) is 15.9. The summed E-state index contributed by atoms with van der Waals surface area (Å²) in [5, 5.41) is 0. The smallest absolute Gasteiger partial charge is 0.159 e. The quantitative estimate of drug-likeness (QED) is 0.419. The van der Waals surface area contributed by atoms with Crippen molar-refractivity contribution in [3.8, 4) is 5.75 Å². The average Bonchev–Trinajstić information content (AvgIpc) is 2.47. The van der Waals surface area contributed by atoms with Gasteiger partial charge in [0.05, 0.1) is 6.61 Å². The number of benzene rings is 2. The summed E-state index contributed by atoms with van der Waals surface area (Å²) in [5.41, 5.74) is 1.98. The largest absolute Gasteiger partial charge is 0.494 e. The molecular weight excluding hydrogens is 280 g/mol. The van der Waals surface area contributed by atoms with Crippen LogP contribution in [0.1, 0.15) is 29.3 Å². The molecular formula is C18H20O2S. The van der Waals surface area contributed by atoms with E-state index < -0.39 is 0 Å². The van der Waals surface area contributed by atoms with Crippen molar-refractivity contribution in [2.45, 2.75) is 25.2 Å². The third-order valence-corrected chi connectivity index (χ3v) is 4.17. The minimum absolute atomic E-state index is 0.109. The van der Waals surface area contributed by atoms with Gasteiger partial charge < -0.3 is 4.74 Å². The lowest BCUT2D eigenvalue weighted by Gasteiger charge is -2.07. The van der Waals surface area contributed by atoms with Crippen molar-refractivity contribution >= 4 is 17.5 Å². The Morgan fingerprint density at radius 3 is 2.57 bits per heavy atom. The van der Waals surface area contributed by atoms with Crippen LogP contribution in [0, 0.1) is 6.92 Å². The van der Waals surface area contributed by atoms with Gasteiger partial charge in [-0.25, -0.2) is 0 Å². The topological polar surface area (TPSA) is 26.3 Å². The van der Waals surface area contributed by atoms with E-state index in [0.29, 0.717) is 0 Å². The summed E-state index contributed by atoms with van der Waals surface area (Å²) in [6.07, 6.45) is 0.993. The molecule has 110 valence electrons. The van der Waals surface area contributed by atoms with Gasteiger partial charge >= 0.3 is 0 Å². The molecule has 0 amide bonds. The van der Waals surface area contributed by atoms with Crippen molar-refractivity contribution in [2.75, 3.05) is 12.4 Å². The highest BCUT2D eigenvalue weighted by Crippen LogP contribution is 2.20. The lowest BCUT2D eigenvalue weighted by atomic mass is 10.2. The van der Waals surface area contributed by atoms with Gasteiger partial charge in [0.1, 0.15) is 5.75 Å². The number of rotatable bonds is 7. The highest BCUT2D eigenvalue weighted by molar-refractivity contribution is 7.99. The Hall–Kier alpha value is -1.74. The second-order valence-electron chi connectivity index (χ2n) is 4.95. The zero-order valence-electron chi connectivity index (χ0n) is 12.5. The van der Waals surface area contributed by atoms with Gasteiger partial charge in [-0.2, -0.15) is 0 Å². The average molecular weight is 300 g/mol. The molecule has 2 nitrogen and oxygen atoms in total. The first-order valence-corrected chi connectivity index (χ1v) is 8.07. The predicted molar refractivity (Wildman–Crippen MR) is 88.5 cm³/mol. The van der Waals surface area contributed by atoms with E-state index in [0.717, 1.165) is 30.1 Å². The molecule has 3 heteroatoms. The summed E-state index contributed by atoms with van der Waals surface area (Å²) in [5.74, 6) is 2.05. The Labute approximate surface area is 130 Å². The van der Waals surface area contributed by atoms with Crippen LogP contribution in [0.3, 0.4) is 0 Å². The fourth-order valence-electron chi connectivity index (χ4n) is 1.93. The van der Waals surface area contributed by atoms with Crippen LogP contribution in [-0.4, -0.2) is 18.1 Å². The number of carbonyl (C=O) groups is 1. The van der Waals surface area contributed by atoms with E-state index in [4.69, 9.17) is 4.74 Å². The van der Waals surface area contributed by atoms with Crippen LogP contribution in [0.4, 0.5) is 0 Å². The molecule has 21 heavy (non-hydrogen) atoms. The first kappa shape index (κ1) is 15.6. The summed E-state index contributed by atoms with van der Waals surface area (Å²) in [6.45, 7) is 4.38. The highest BCUT2D eigenvalue weighted by atomic mass is 32.2. The number of ether oxygens (including phenoxy) is 1. The van der Waals surface area contributed by atoms with Gasteiger partial charge in [0.2, 0.25) is 0 Å². The number of hydrogen-bond acceptors (Lipinski definition) is 3. The molecule has 0 radical (unpaired) electrons. The van der Waals surface area contributed by atoms with Crippen LogP contribution in [0.15, 0.2) is 53.4 Å². The minimum atomic E-state index is 0.109. The van der Waals surface area contributed by atoms with Gasteiger partial charge in [-0.05, 0) is 50.1 Å². The number of ketones is 1. The van der Waals surface area contributed by atoms with E-state index in [9.17, 15) is 4.79 Å². The van der Waals surface area contributed by atoms with Gasteiger partial charge in [0.15, 0.2) is 5.78 Å². The number of thioether (sulfide) groups is 1. The molecule has 0 N–H and O–H groups in total. The molecule has 0 bridgehead atoms. The van der Waals surface area contributed by atoms with Crippen LogP contribution in [0.5, 0.6) is 5.75 Å². The van der Waals surface area contributed by atoms with E-state index >= 15 is 0 Å². The van der Waals surface area contributed by atoms with Gasteiger partial charge in [-0.1, -0.05) is 24.3 Å². The third kappa shape index (κ3) is 5.27. The van der Waals surface area contributed by atoms with Crippen LogP contribution in [-0.2, 0) is 0 Å². The molecule has 0 spiro atoms. The van der Waals surface area contributed by atoms with Gasteiger partial charge in [0.25, 0.3) is 0 Å². The van der Waals surface area contributed by atoms with Gasteiger partial charge in [-0.3, -0.25) is 4.79 Å². The van der Waals surface area contributed by atoms with E-state index in [1.807, 2.05) is 42.5 Å². The van der Waals surface area contributed by atoms with Crippen LogP contribution >= 0.6 is 11.8 Å². The Kier molecular flexibility index (Phi) is 5.88. The maximum Gasteiger partial charge on any atom is 0.159 e. The number of Topliss-reactive ketones (excluding diaryl/α,β-unsaturated/α-hetero) is 1. The first-order chi connectivity index (χ1) is 10.1. The first-order valence-electron chi connectivity index (χ1n) is 7.08. The second kappa shape index (κ2) is 7.89. The summed E-state index contributed by atoms with van der Waals surface area (Å²) < 4.78 is 5.72. The maximum absolute atomic E-state index is 11.2. The molecule has 2 aromatic rings. The number of carbonyl (C=O) groups excluding carboxylic acids is 1. The third-order valence-electron chi connectivity index (χ3n) is 3.08. The predicted octanol–water partition coefficient (Wildman–Crippen LogP) is 4.76.